The fraction of sp³-hybridized carbons (Fsp3) is 0.625. The average Bonchev–Trinajstić information content (AvgIpc) is 3.12. The highest BCUT2D eigenvalue weighted by Crippen LogP contribution is 2.19. The predicted octanol–water partition coefficient (Wildman–Crippen LogP) is 2.75. The third kappa shape index (κ3) is 3.35. The molecule has 5 nitrogen and oxygen atoms in total. The molecule has 3 rings (SSSR count). The number of nitrogens with one attached hydrogen (secondary N) is 1. The molecule has 3 heterocycles. The Morgan fingerprint density at radius 1 is 1.29 bits per heavy atom. The largest absolute Gasteiger partial charge is 0.368 e. The van der Waals surface area contributed by atoms with Crippen LogP contribution in [0.25, 0.3) is 5.52 Å². The summed E-state index contributed by atoms with van der Waals surface area (Å²) in [6, 6.07) is 2.14. The van der Waals surface area contributed by atoms with Gasteiger partial charge < -0.3 is 10.2 Å². The van der Waals surface area contributed by atoms with Gasteiger partial charge >= 0.3 is 0 Å². The van der Waals surface area contributed by atoms with Crippen molar-refractivity contribution in [2.75, 3.05) is 31.5 Å². The summed E-state index contributed by atoms with van der Waals surface area (Å²) >= 11 is 0. The molecule has 1 saturated heterocycles. The third-order valence-electron chi connectivity index (χ3n) is 4.14. The van der Waals surface area contributed by atoms with Crippen LogP contribution in [0.15, 0.2) is 18.5 Å². The van der Waals surface area contributed by atoms with E-state index in [0.29, 0.717) is 5.92 Å². The third-order valence-corrected chi connectivity index (χ3v) is 4.14. The lowest BCUT2D eigenvalue weighted by Gasteiger charge is -2.14. The number of hydrogen-bond donors (Lipinski definition) is 1. The Morgan fingerprint density at radius 2 is 2.10 bits per heavy atom. The van der Waals surface area contributed by atoms with Crippen molar-refractivity contribution in [2.45, 2.75) is 39.0 Å². The van der Waals surface area contributed by atoms with E-state index in [4.69, 9.17) is 0 Å². The van der Waals surface area contributed by atoms with Crippen molar-refractivity contribution in [1.82, 2.24) is 19.5 Å². The highest BCUT2D eigenvalue weighted by molar-refractivity contribution is 5.67. The number of anilines is 1. The second kappa shape index (κ2) is 6.43. The summed E-state index contributed by atoms with van der Waals surface area (Å²) in [7, 11) is 0. The zero-order valence-electron chi connectivity index (χ0n) is 13.0. The number of nitrogens with zero attached hydrogens (tertiary/aromatic N) is 4. The van der Waals surface area contributed by atoms with Crippen molar-refractivity contribution in [2.24, 2.45) is 0 Å². The molecule has 0 amide bonds. The van der Waals surface area contributed by atoms with Gasteiger partial charge in [0.25, 0.3) is 0 Å². The molecule has 0 spiro atoms. The SMILES string of the molecule is CC(C)c1cc2c(NCCCN3CCCC3)nccn2n1. The highest BCUT2D eigenvalue weighted by atomic mass is 15.2. The van der Waals surface area contributed by atoms with Crippen LogP contribution in [-0.2, 0) is 0 Å². The summed E-state index contributed by atoms with van der Waals surface area (Å²) in [4.78, 5) is 7.01. The van der Waals surface area contributed by atoms with Crippen LogP contribution >= 0.6 is 0 Å². The molecule has 0 bridgehead atoms. The maximum absolute atomic E-state index is 4.59. The van der Waals surface area contributed by atoms with Gasteiger partial charge in [-0.15, -0.1) is 0 Å². The maximum Gasteiger partial charge on any atom is 0.152 e. The maximum atomic E-state index is 4.59. The number of likely N-dealkylation sites (tertiary alicyclic amines) is 1. The van der Waals surface area contributed by atoms with E-state index in [-0.39, 0.29) is 0 Å². The van der Waals surface area contributed by atoms with Gasteiger partial charge in [0.1, 0.15) is 5.52 Å². The van der Waals surface area contributed by atoms with Crippen molar-refractivity contribution < 1.29 is 0 Å². The van der Waals surface area contributed by atoms with Gasteiger partial charge in [-0.25, -0.2) is 9.50 Å². The molecular formula is C16H25N5. The molecule has 2 aromatic rings. The van der Waals surface area contributed by atoms with Crippen LogP contribution in [0.4, 0.5) is 5.82 Å². The van der Waals surface area contributed by atoms with Crippen molar-refractivity contribution >= 4 is 11.3 Å². The first kappa shape index (κ1) is 14.3. The van der Waals surface area contributed by atoms with Gasteiger partial charge in [0, 0.05) is 18.9 Å². The summed E-state index contributed by atoms with van der Waals surface area (Å²) < 4.78 is 1.92. The van der Waals surface area contributed by atoms with Crippen LogP contribution in [-0.4, -0.2) is 45.7 Å². The van der Waals surface area contributed by atoms with E-state index in [2.05, 4.69) is 40.2 Å². The molecule has 0 saturated carbocycles. The summed E-state index contributed by atoms with van der Waals surface area (Å²) in [5, 5.41) is 8.06. The predicted molar refractivity (Wildman–Crippen MR) is 85.9 cm³/mol. The Hall–Kier alpha value is -1.62. The molecule has 0 aromatic carbocycles. The fourth-order valence-corrected chi connectivity index (χ4v) is 2.88. The van der Waals surface area contributed by atoms with Gasteiger partial charge in [-0.1, -0.05) is 13.8 Å². The summed E-state index contributed by atoms with van der Waals surface area (Å²) in [5.74, 6) is 1.38. The minimum absolute atomic E-state index is 0.438. The number of aromatic nitrogens is 3. The van der Waals surface area contributed by atoms with Gasteiger partial charge in [0.15, 0.2) is 5.82 Å². The zero-order chi connectivity index (χ0) is 14.7. The lowest BCUT2D eigenvalue weighted by molar-refractivity contribution is 0.337. The van der Waals surface area contributed by atoms with E-state index in [1.54, 1.807) is 0 Å². The summed E-state index contributed by atoms with van der Waals surface area (Å²) in [6.45, 7) is 9.02. The van der Waals surface area contributed by atoms with E-state index in [1.807, 2.05) is 16.9 Å². The molecule has 1 fully saturated rings. The van der Waals surface area contributed by atoms with Crippen LogP contribution in [0.5, 0.6) is 0 Å². The normalized spacial score (nSPS) is 16.1. The molecule has 0 unspecified atom stereocenters. The lowest BCUT2D eigenvalue weighted by atomic mass is 10.1. The first-order valence-corrected chi connectivity index (χ1v) is 8.04. The van der Waals surface area contributed by atoms with Gasteiger partial charge in [0.2, 0.25) is 0 Å². The van der Waals surface area contributed by atoms with Crippen molar-refractivity contribution in [3.05, 3.63) is 24.2 Å². The van der Waals surface area contributed by atoms with Gasteiger partial charge in [-0.2, -0.15) is 5.10 Å². The summed E-state index contributed by atoms with van der Waals surface area (Å²) in [6.07, 6.45) is 7.61. The first-order chi connectivity index (χ1) is 10.2. The van der Waals surface area contributed by atoms with E-state index in [1.165, 1.54) is 32.5 Å². The standard InChI is InChI=1S/C16H25N5/c1-13(2)14-12-15-16(18-7-11-21(15)19-14)17-6-5-10-20-8-3-4-9-20/h7,11-13H,3-6,8-10H2,1-2H3,(H,17,18). The molecule has 1 aliphatic rings. The van der Waals surface area contributed by atoms with E-state index < -0.39 is 0 Å². The molecule has 5 heteroatoms. The topological polar surface area (TPSA) is 45.5 Å². The van der Waals surface area contributed by atoms with Crippen molar-refractivity contribution in [3.8, 4) is 0 Å². The fourth-order valence-electron chi connectivity index (χ4n) is 2.88. The molecule has 0 radical (unpaired) electrons. The number of hydrogen-bond acceptors (Lipinski definition) is 4. The van der Waals surface area contributed by atoms with Crippen LogP contribution < -0.4 is 5.32 Å². The monoisotopic (exact) mass is 287 g/mol. The minimum atomic E-state index is 0.438. The highest BCUT2D eigenvalue weighted by Gasteiger charge is 2.11. The van der Waals surface area contributed by atoms with Gasteiger partial charge in [0.05, 0.1) is 5.69 Å². The van der Waals surface area contributed by atoms with E-state index in [0.717, 1.165) is 30.0 Å². The molecule has 114 valence electrons. The van der Waals surface area contributed by atoms with E-state index >= 15 is 0 Å². The zero-order valence-corrected chi connectivity index (χ0v) is 13.0. The summed E-state index contributed by atoms with van der Waals surface area (Å²) in [5.41, 5.74) is 2.19. The molecule has 0 atom stereocenters. The molecular weight excluding hydrogens is 262 g/mol. The van der Waals surface area contributed by atoms with Crippen molar-refractivity contribution in [1.29, 1.82) is 0 Å². The Kier molecular flexibility index (Phi) is 4.39. The van der Waals surface area contributed by atoms with Crippen molar-refractivity contribution in [3.63, 3.8) is 0 Å². The van der Waals surface area contributed by atoms with Crippen LogP contribution in [0.2, 0.25) is 0 Å². The van der Waals surface area contributed by atoms with Crippen LogP contribution in [0, 0.1) is 0 Å². The Morgan fingerprint density at radius 3 is 2.86 bits per heavy atom. The Bertz CT molecular complexity index is 583. The molecule has 2 aromatic heterocycles. The average molecular weight is 287 g/mol. The second-order valence-corrected chi connectivity index (χ2v) is 6.16. The Labute approximate surface area is 126 Å². The number of fused-ring (bicyclic) bond motifs is 1. The van der Waals surface area contributed by atoms with Gasteiger partial charge in [-0.05, 0) is 50.9 Å². The Balaban J connectivity index is 1.60. The smallest absolute Gasteiger partial charge is 0.152 e. The molecule has 0 aliphatic carbocycles. The molecule has 1 aliphatic heterocycles. The first-order valence-electron chi connectivity index (χ1n) is 8.04. The van der Waals surface area contributed by atoms with Gasteiger partial charge in [-0.3, -0.25) is 0 Å². The van der Waals surface area contributed by atoms with E-state index in [9.17, 15) is 0 Å². The quantitative estimate of drug-likeness (QED) is 0.830. The number of rotatable bonds is 6. The molecule has 1 N–H and O–H groups in total. The van der Waals surface area contributed by atoms with Crippen LogP contribution in [0.3, 0.4) is 0 Å². The lowest BCUT2D eigenvalue weighted by Crippen LogP contribution is -2.22. The minimum Gasteiger partial charge on any atom is -0.368 e. The van der Waals surface area contributed by atoms with Crippen LogP contribution in [0.1, 0.15) is 44.7 Å². The molecule has 21 heavy (non-hydrogen) atoms. The second-order valence-electron chi connectivity index (χ2n) is 6.16.